The number of hydrogen-bond donors (Lipinski definition) is 3. The largest absolute Gasteiger partial charge is 0.486 e. The predicted octanol–water partition coefficient (Wildman–Crippen LogP) is 4.87. The molecule has 0 unspecified atom stereocenters. The van der Waals surface area contributed by atoms with Gasteiger partial charge in [-0.25, -0.2) is 14.4 Å². The summed E-state index contributed by atoms with van der Waals surface area (Å²) in [5.74, 6) is -2.40. The van der Waals surface area contributed by atoms with E-state index in [-0.39, 0.29) is 34.8 Å². The molecule has 0 aliphatic rings. The molecule has 0 atom stereocenters. The number of fused-ring (bicyclic) bond motifs is 1. The van der Waals surface area contributed by atoms with Crippen LogP contribution < -0.4 is 26.4 Å². The quantitative estimate of drug-likeness (QED) is 0.0876. The van der Waals surface area contributed by atoms with E-state index >= 15 is 0 Å². The fourth-order valence-electron chi connectivity index (χ4n) is 5.07. The summed E-state index contributed by atoms with van der Waals surface area (Å²) in [6.07, 6.45) is 1.67. The van der Waals surface area contributed by atoms with Gasteiger partial charge in [-0.15, -0.1) is 0 Å². The highest BCUT2D eigenvalue weighted by molar-refractivity contribution is 6.06. The lowest BCUT2D eigenvalue weighted by molar-refractivity contribution is -0.132. The van der Waals surface area contributed by atoms with Crippen LogP contribution in [0.25, 0.3) is 5.52 Å². The van der Waals surface area contributed by atoms with Gasteiger partial charge in [0.25, 0.3) is 5.91 Å². The van der Waals surface area contributed by atoms with Crippen molar-refractivity contribution in [2.24, 2.45) is 0 Å². The molecule has 5 N–H and O–H groups in total. The van der Waals surface area contributed by atoms with E-state index in [4.69, 9.17) is 30.5 Å². The van der Waals surface area contributed by atoms with Gasteiger partial charge in [-0.05, 0) is 73.9 Å². The number of ether oxygens (including phenoxy) is 3. The third-order valence-corrected chi connectivity index (χ3v) is 7.34. The number of rotatable bonds is 9. The number of pyridine rings is 1. The van der Waals surface area contributed by atoms with Crippen molar-refractivity contribution >= 4 is 40.7 Å². The van der Waals surface area contributed by atoms with Gasteiger partial charge in [0.05, 0.1) is 16.6 Å². The van der Waals surface area contributed by atoms with E-state index in [9.17, 15) is 19.2 Å². The van der Waals surface area contributed by atoms with Gasteiger partial charge in [0.2, 0.25) is 0 Å². The van der Waals surface area contributed by atoms with Crippen LogP contribution in [0, 0.1) is 20.8 Å². The smallest absolute Gasteiger partial charge is 0.365 e. The first-order valence-corrected chi connectivity index (χ1v) is 14.5. The highest BCUT2D eigenvalue weighted by Gasteiger charge is 2.26. The Bertz CT molecular complexity index is 1980. The number of hydrogen-bond acceptors (Lipinski definition) is 10. The molecule has 0 aliphatic carbocycles. The summed E-state index contributed by atoms with van der Waals surface area (Å²) in [6, 6.07) is 22.1. The lowest BCUT2D eigenvalue weighted by Crippen LogP contribution is -2.31. The average molecular weight is 637 g/mol. The fraction of sp³-hybridized carbons (Fsp3) is 0.143. The fourth-order valence-corrected chi connectivity index (χ4v) is 5.07. The molecule has 0 spiro atoms. The number of carbonyl (C=O) groups excluding carboxylic acids is 4. The van der Waals surface area contributed by atoms with E-state index in [1.54, 1.807) is 110 Å². The van der Waals surface area contributed by atoms with Crippen LogP contribution in [-0.2, 0) is 21.0 Å². The Hall–Kier alpha value is -6.30. The zero-order valence-corrected chi connectivity index (χ0v) is 25.9. The van der Waals surface area contributed by atoms with Crippen LogP contribution in [0.1, 0.15) is 53.5 Å². The minimum Gasteiger partial charge on any atom is -0.486 e. The van der Waals surface area contributed by atoms with E-state index < -0.39 is 30.4 Å². The summed E-state index contributed by atoms with van der Waals surface area (Å²) in [5.41, 5.74) is 17.7. The summed E-state index contributed by atoms with van der Waals surface area (Å²) in [6.45, 7) is 4.76. The van der Waals surface area contributed by atoms with Gasteiger partial charge in [-0.2, -0.15) is 5.48 Å². The Kier molecular flexibility index (Phi) is 9.41. The number of esters is 2. The molecule has 0 bridgehead atoms. The van der Waals surface area contributed by atoms with Gasteiger partial charge in [-0.1, -0.05) is 42.5 Å². The summed E-state index contributed by atoms with van der Waals surface area (Å²) in [4.78, 5) is 55.7. The number of benzene rings is 3. The topological polar surface area (TPSA) is 174 Å². The SMILES string of the molecule is Cc1cccc(N)c1C(=O)ONC(=O)COc1cccc(COc2c(C)c(C(=O)OC(=O)c3c(C)cccc3N)n3ccccc23)c1. The van der Waals surface area contributed by atoms with Crippen LogP contribution >= 0.6 is 0 Å². The van der Waals surface area contributed by atoms with E-state index in [0.717, 1.165) is 0 Å². The third kappa shape index (κ3) is 7.01. The van der Waals surface area contributed by atoms with Crippen LogP contribution in [0.5, 0.6) is 11.5 Å². The maximum Gasteiger partial charge on any atom is 0.365 e. The van der Waals surface area contributed by atoms with Gasteiger partial charge in [0, 0.05) is 23.1 Å². The Morgan fingerprint density at radius 2 is 1.40 bits per heavy atom. The molecule has 2 heterocycles. The number of aromatic nitrogens is 1. The monoisotopic (exact) mass is 636 g/mol. The molecule has 3 aromatic carbocycles. The second-order valence-corrected chi connectivity index (χ2v) is 10.7. The number of nitrogen functional groups attached to an aromatic ring is 2. The molecule has 0 saturated heterocycles. The van der Waals surface area contributed by atoms with E-state index in [2.05, 4.69) is 5.48 Å². The molecule has 12 heteroatoms. The molecule has 0 aliphatic heterocycles. The summed E-state index contributed by atoms with van der Waals surface area (Å²) in [5, 5.41) is 0. The van der Waals surface area contributed by atoms with E-state index in [1.165, 1.54) is 0 Å². The molecular weight excluding hydrogens is 604 g/mol. The van der Waals surface area contributed by atoms with Gasteiger partial charge in [0.1, 0.15) is 23.8 Å². The van der Waals surface area contributed by atoms with Crippen LogP contribution in [-0.4, -0.2) is 34.8 Å². The number of hydroxylamine groups is 1. The number of nitrogens with zero attached hydrogens (tertiary/aromatic N) is 1. The Balaban J connectivity index is 1.23. The van der Waals surface area contributed by atoms with Crippen LogP contribution in [0.2, 0.25) is 0 Å². The molecule has 2 aromatic heterocycles. The first kappa shape index (κ1) is 32.1. The predicted molar refractivity (Wildman–Crippen MR) is 173 cm³/mol. The van der Waals surface area contributed by atoms with Crippen molar-refractivity contribution in [3.8, 4) is 11.5 Å². The Morgan fingerprint density at radius 3 is 2.09 bits per heavy atom. The van der Waals surface area contributed by atoms with Crippen molar-refractivity contribution in [2.75, 3.05) is 18.1 Å². The molecule has 0 fully saturated rings. The Morgan fingerprint density at radius 1 is 0.745 bits per heavy atom. The minimum atomic E-state index is -0.854. The molecule has 240 valence electrons. The van der Waals surface area contributed by atoms with Crippen LogP contribution in [0.3, 0.4) is 0 Å². The van der Waals surface area contributed by atoms with Crippen molar-refractivity contribution in [2.45, 2.75) is 27.4 Å². The lowest BCUT2D eigenvalue weighted by atomic mass is 10.1. The van der Waals surface area contributed by atoms with Gasteiger partial charge < -0.3 is 34.9 Å². The maximum atomic E-state index is 13.3. The normalized spacial score (nSPS) is 10.7. The summed E-state index contributed by atoms with van der Waals surface area (Å²) in [7, 11) is 0. The van der Waals surface area contributed by atoms with Crippen molar-refractivity contribution in [1.82, 2.24) is 9.88 Å². The maximum absolute atomic E-state index is 13.3. The van der Waals surface area contributed by atoms with Crippen LogP contribution in [0.4, 0.5) is 11.4 Å². The van der Waals surface area contributed by atoms with Crippen molar-refractivity contribution in [3.63, 3.8) is 0 Å². The highest BCUT2D eigenvalue weighted by atomic mass is 16.7. The van der Waals surface area contributed by atoms with Crippen LogP contribution in [0.15, 0.2) is 85.1 Å². The third-order valence-electron chi connectivity index (χ3n) is 7.34. The number of anilines is 2. The molecule has 47 heavy (non-hydrogen) atoms. The van der Waals surface area contributed by atoms with Crippen molar-refractivity contribution in [3.05, 3.63) is 124 Å². The highest BCUT2D eigenvalue weighted by Crippen LogP contribution is 2.32. The molecule has 12 nitrogen and oxygen atoms in total. The second kappa shape index (κ2) is 13.8. The Labute approximate surface area is 269 Å². The van der Waals surface area contributed by atoms with Crippen molar-refractivity contribution in [1.29, 1.82) is 0 Å². The van der Waals surface area contributed by atoms with Crippen molar-refractivity contribution < 1.29 is 38.2 Å². The van der Waals surface area contributed by atoms with Gasteiger partial charge in [-0.3, -0.25) is 4.79 Å². The zero-order chi connectivity index (χ0) is 33.7. The first-order chi connectivity index (χ1) is 22.5. The summed E-state index contributed by atoms with van der Waals surface area (Å²) >= 11 is 0. The minimum absolute atomic E-state index is 0.0847. The molecular formula is C35H32N4O8. The number of carbonyl (C=O) groups is 4. The molecule has 1 amide bonds. The molecule has 0 saturated carbocycles. The standard InChI is InChI=1S/C35H32N4O8/c1-20-9-6-13-25(36)29(20)33(41)46-35(43)31-22(3)32(27-15-4-5-16-39(27)31)45-18-23-11-8-12-24(17-23)44-19-28(40)38-47-34(42)30-21(2)10-7-14-26(30)37/h4-17H,18-19,36-37H2,1-3H3,(H,38,40). The first-order valence-electron chi connectivity index (χ1n) is 14.5. The number of amides is 1. The average Bonchev–Trinajstić information content (AvgIpc) is 3.32. The zero-order valence-electron chi connectivity index (χ0n) is 25.9. The molecule has 0 radical (unpaired) electrons. The second-order valence-electron chi connectivity index (χ2n) is 10.7. The molecule has 5 rings (SSSR count). The number of aryl methyl sites for hydroxylation is 2. The lowest BCUT2D eigenvalue weighted by Gasteiger charge is -2.11. The molecule has 5 aromatic rings. The number of nitrogens with two attached hydrogens (primary N) is 2. The summed E-state index contributed by atoms with van der Waals surface area (Å²) < 4.78 is 18.6. The van der Waals surface area contributed by atoms with Gasteiger partial charge >= 0.3 is 17.9 Å². The van der Waals surface area contributed by atoms with E-state index in [1.807, 2.05) is 0 Å². The van der Waals surface area contributed by atoms with Gasteiger partial charge in [0.15, 0.2) is 6.61 Å². The van der Waals surface area contributed by atoms with E-state index in [0.29, 0.717) is 39.3 Å². The number of nitrogens with one attached hydrogen (secondary N) is 1.